The molecular weight excluding hydrogens is 323 g/mol. The van der Waals surface area contributed by atoms with E-state index < -0.39 is 0 Å². The van der Waals surface area contributed by atoms with Gasteiger partial charge in [-0.3, -0.25) is 0 Å². The number of urea groups is 1. The number of rotatable bonds is 3. The van der Waals surface area contributed by atoms with Gasteiger partial charge in [0.2, 0.25) is 11.7 Å². The molecule has 0 unspecified atom stereocenters. The van der Waals surface area contributed by atoms with Crippen LogP contribution in [-0.4, -0.2) is 34.2 Å². The summed E-state index contributed by atoms with van der Waals surface area (Å²) in [4.78, 5) is 18.2. The summed E-state index contributed by atoms with van der Waals surface area (Å²) in [7, 11) is 0. The number of amides is 2. The van der Waals surface area contributed by atoms with E-state index in [-0.39, 0.29) is 17.8 Å². The Kier molecular flexibility index (Phi) is 3.89. The molecule has 3 aromatic rings. The minimum atomic E-state index is -0.340. The van der Waals surface area contributed by atoms with Gasteiger partial charge < -0.3 is 14.7 Å². The molecule has 6 nitrogen and oxygen atoms in total. The normalized spacial score (nSPS) is 14.2. The van der Waals surface area contributed by atoms with Crippen molar-refractivity contribution in [1.82, 2.24) is 15.0 Å². The maximum atomic E-state index is 12.9. The van der Waals surface area contributed by atoms with E-state index >= 15 is 0 Å². The van der Waals surface area contributed by atoms with Gasteiger partial charge >= 0.3 is 6.03 Å². The number of nitrogens with one attached hydrogen (secondary N) is 1. The predicted molar refractivity (Wildman–Crippen MR) is 89.5 cm³/mol. The molecule has 126 valence electrons. The highest BCUT2D eigenvalue weighted by atomic mass is 19.1. The van der Waals surface area contributed by atoms with Crippen molar-refractivity contribution in [1.29, 1.82) is 0 Å². The number of halogens is 1. The van der Waals surface area contributed by atoms with Crippen LogP contribution in [-0.2, 0) is 0 Å². The molecular formula is C18H15FN4O2. The first kappa shape index (κ1) is 15.3. The average molecular weight is 338 g/mol. The van der Waals surface area contributed by atoms with Crippen molar-refractivity contribution in [2.45, 2.75) is 5.92 Å². The monoisotopic (exact) mass is 338 g/mol. The zero-order chi connectivity index (χ0) is 17.2. The third-order valence-electron chi connectivity index (χ3n) is 4.09. The number of hydrogen-bond donors (Lipinski definition) is 1. The van der Waals surface area contributed by atoms with E-state index in [0.717, 1.165) is 5.56 Å². The highest BCUT2D eigenvalue weighted by Gasteiger charge is 2.35. The predicted octanol–water partition coefficient (Wildman–Crippen LogP) is 3.51. The minimum absolute atomic E-state index is 0.0314. The van der Waals surface area contributed by atoms with E-state index in [9.17, 15) is 9.18 Å². The first-order valence-electron chi connectivity index (χ1n) is 7.89. The van der Waals surface area contributed by atoms with Crippen molar-refractivity contribution >= 4 is 11.7 Å². The van der Waals surface area contributed by atoms with Gasteiger partial charge in [-0.15, -0.1) is 0 Å². The third kappa shape index (κ3) is 3.21. The second-order valence-corrected chi connectivity index (χ2v) is 5.86. The first-order chi connectivity index (χ1) is 12.2. The van der Waals surface area contributed by atoms with E-state index in [2.05, 4.69) is 15.5 Å². The zero-order valence-corrected chi connectivity index (χ0v) is 13.2. The smallest absolute Gasteiger partial charge is 0.321 e. The van der Waals surface area contributed by atoms with E-state index in [1.165, 1.54) is 24.3 Å². The van der Waals surface area contributed by atoms with Gasteiger partial charge in [-0.1, -0.05) is 35.5 Å². The van der Waals surface area contributed by atoms with Gasteiger partial charge in [0.25, 0.3) is 0 Å². The van der Waals surface area contributed by atoms with Crippen LogP contribution in [0.5, 0.6) is 0 Å². The molecule has 1 aliphatic rings. The summed E-state index contributed by atoms with van der Waals surface area (Å²) in [5.74, 6) is 0.769. The fourth-order valence-corrected chi connectivity index (χ4v) is 2.64. The van der Waals surface area contributed by atoms with Crippen LogP contribution < -0.4 is 5.32 Å². The van der Waals surface area contributed by atoms with Crippen LogP contribution in [0.1, 0.15) is 11.8 Å². The van der Waals surface area contributed by atoms with Crippen molar-refractivity contribution in [2.75, 3.05) is 18.4 Å². The molecule has 2 heterocycles. The zero-order valence-electron chi connectivity index (χ0n) is 13.2. The Morgan fingerprint density at radius 3 is 2.56 bits per heavy atom. The molecule has 7 heteroatoms. The number of benzene rings is 2. The van der Waals surface area contributed by atoms with Crippen LogP contribution in [0.2, 0.25) is 0 Å². The van der Waals surface area contributed by atoms with E-state index in [1.807, 2.05) is 30.3 Å². The van der Waals surface area contributed by atoms with Crippen LogP contribution in [0.4, 0.5) is 14.9 Å². The molecule has 4 rings (SSSR count). The molecule has 0 bridgehead atoms. The van der Waals surface area contributed by atoms with Gasteiger partial charge in [0, 0.05) is 24.3 Å². The van der Waals surface area contributed by atoms with Crippen molar-refractivity contribution in [3.05, 3.63) is 66.3 Å². The van der Waals surface area contributed by atoms with Gasteiger partial charge in [0.15, 0.2) is 0 Å². The average Bonchev–Trinajstić information content (AvgIpc) is 3.06. The largest absolute Gasteiger partial charge is 0.339 e. The lowest BCUT2D eigenvalue weighted by Crippen LogP contribution is -2.50. The highest BCUT2D eigenvalue weighted by Crippen LogP contribution is 2.28. The molecule has 1 saturated heterocycles. The fraction of sp³-hybridized carbons (Fsp3) is 0.167. The molecule has 2 aromatic carbocycles. The molecule has 1 fully saturated rings. The maximum Gasteiger partial charge on any atom is 0.321 e. The van der Waals surface area contributed by atoms with Crippen molar-refractivity contribution < 1.29 is 13.7 Å². The van der Waals surface area contributed by atoms with Gasteiger partial charge in [0.05, 0.1) is 5.92 Å². The van der Waals surface area contributed by atoms with Crippen LogP contribution in [0.3, 0.4) is 0 Å². The van der Waals surface area contributed by atoms with E-state index in [1.54, 1.807) is 4.90 Å². The van der Waals surface area contributed by atoms with Gasteiger partial charge in [-0.05, 0) is 24.3 Å². The molecule has 0 aliphatic carbocycles. The Balaban J connectivity index is 1.35. The summed E-state index contributed by atoms with van der Waals surface area (Å²) in [6.07, 6.45) is 0. The Bertz CT molecular complexity index is 874. The summed E-state index contributed by atoms with van der Waals surface area (Å²) in [6, 6.07) is 15.0. The maximum absolute atomic E-state index is 12.9. The van der Waals surface area contributed by atoms with Crippen molar-refractivity contribution in [3.63, 3.8) is 0 Å². The number of likely N-dealkylation sites (tertiary alicyclic amines) is 1. The molecule has 1 N–H and O–H groups in total. The summed E-state index contributed by atoms with van der Waals surface area (Å²) in [5, 5.41) is 6.72. The van der Waals surface area contributed by atoms with Gasteiger partial charge in [0.1, 0.15) is 5.82 Å². The molecule has 0 saturated carbocycles. The Morgan fingerprint density at radius 1 is 1.12 bits per heavy atom. The molecule has 0 atom stereocenters. The van der Waals surface area contributed by atoms with E-state index in [4.69, 9.17) is 4.52 Å². The van der Waals surface area contributed by atoms with Crippen molar-refractivity contribution in [2.24, 2.45) is 0 Å². The number of anilines is 1. The molecule has 0 radical (unpaired) electrons. The number of nitrogens with zero attached hydrogens (tertiary/aromatic N) is 3. The number of carbonyl (C=O) groups is 1. The number of hydrogen-bond acceptors (Lipinski definition) is 4. The quantitative estimate of drug-likeness (QED) is 0.793. The van der Waals surface area contributed by atoms with Crippen LogP contribution >= 0.6 is 0 Å². The highest BCUT2D eigenvalue weighted by molar-refractivity contribution is 5.89. The fourth-order valence-electron chi connectivity index (χ4n) is 2.64. The van der Waals surface area contributed by atoms with Gasteiger partial charge in [-0.25, -0.2) is 9.18 Å². The lowest BCUT2D eigenvalue weighted by Gasteiger charge is -2.36. The van der Waals surface area contributed by atoms with Gasteiger partial charge in [-0.2, -0.15) is 4.98 Å². The molecule has 2 amide bonds. The minimum Gasteiger partial charge on any atom is -0.339 e. The third-order valence-corrected chi connectivity index (χ3v) is 4.09. The van der Waals surface area contributed by atoms with Crippen LogP contribution in [0.15, 0.2) is 59.1 Å². The molecule has 25 heavy (non-hydrogen) atoms. The number of aromatic nitrogens is 2. The summed E-state index contributed by atoms with van der Waals surface area (Å²) in [6.45, 7) is 1.01. The van der Waals surface area contributed by atoms with Crippen LogP contribution in [0, 0.1) is 5.82 Å². The molecule has 1 aromatic heterocycles. The van der Waals surface area contributed by atoms with Crippen LogP contribution in [0.25, 0.3) is 11.4 Å². The molecule has 0 spiro atoms. The summed E-state index contributed by atoms with van der Waals surface area (Å²) < 4.78 is 18.2. The topological polar surface area (TPSA) is 71.3 Å². The second-order valence-electron chi connectivity index (χ2n) is 5.86. The number of carbonyl (C=O) groups excluding carboxylic acids is 1. The van der Waals surface area contributed by atoms with E-state index in [0.29, 0.717) is 30.5 Å². The standard InChI is InChI=1S/C18H15FN4O2/c19-14-6-8-15(9-7-14)20-18(24)23-10-13(11-23)17-21-16(22-25-17)12-4-2-1-3-5-12/h1-9,13H,10-11H2,(H,20,24). The van der Waals surface area contributed by atoms with Crippen molar-refractivity contribution in [3.8, 4) is 11.4 Å². The first-order valence-corrected chi connectivity index (χ1v) is 7.89. The Labute approximate surface area is 143 Å². The summed E-state index contributed by atoms with van der Waals surface area (Å²) >= 11 is 0. The lowest BCUT2D eigenvalue weighted by molar-refractivity contribution is 0.147. The SMILES string of the molecule is O=C(Nc1ccc(F)cc1)N1CC(c2nc(-c3ccccc3)no2)C1. The summed E-state index contributed by atoms with van der Waals surface area (Å²) in [5.41, 5.74) is 1.45. The molecule has 1 aliphatic heterocycles. The Hall–Kier alpha value is -3.22. The lowest BCUT2D eigenvalue weighted by atomic mass is 10.0. The second kappa shape index (κ2) is 6.35. The Morgan fingerprint density at radius 2 is 1.84 bits per heavy atom.